The number of rotatable bonds is 9. The molecule has 31 heavy (non-hydrogen) atoms. The van der Waals surface area contributed by atoms with Gasteiger partial charge in [-0.2, -0.15) is 0 Å². The molecule has 0 aromatic heterocycles. The average Bonchev–Trinajstić information content (AvgIpc) is 2.75. The number of fused-ring (bicyclic) bond motifs is 1. The number of methoxy groups -OCH3 is 1. The lowest BCUT2D eigenvalue weighted by Gasteiger charge is -2.27. The van der Waals surface area contributed by atoms with E-state index in [0.29, 0.717) is 13.2 Å². The highest BCUT2D eigenvalue weighted by molar-refractivity contribution is 5.92. The van der Waals surface area contributed by atoms with E-state index >= 15 is 0 Å². The lowest BCUT2D eigenvalue weighted by Crippen LogP contribution is -3.14. The minimum absolute atomic E-state index is 0.0349. The molecule has 166 valence electrons. The van der Waals surface area contributed by atoms with Crippen LogP contribution in [-0.4, -0.2) is 45.2 Å². The van der Waals surface area contributed by atoms with E-state index < -0.39 is 0 Å². The number of benzene rings is 2. The summed E-state index contributed by atoms with van der Waals surface area (Å²) in [6.07, 6.45) is 3.08. The number of aryl methyl sites for hydroxylation is 2. The van der Waals surface area contributed by atoms with Crippen LogP contribution in [0.5, 0.6) is 0 Å². The Morgan fingerprint density at radius 3 is 2.65 bits per heavy atom. The van der Waals surface area contributed by atoms with Crippen molar-refractivity contribution < 1.29 is 19.2 Å². The fourth-order valence-corrected chi connectivity index (χ4v) is 4.17. The molecule has 3 rings (SSSR count). The summed E-state index contributed by atoms with van der Waals surface area (Å²) in [7, 11) is 1.63. The molecule has 2 atom stereocenters. The Morgan fingerprint density at radius 1 is 1.06 bits per heavy atom. The van der Waals surface area contributed by atoms with E-state index in [1.54, 1.807) is 7.11 Å². The molecule has 2 aromatic rings. The first-order chi connectivity index (χ1) is 15.0. The summed E-state index contributed by atoms with van der Waals surface area (Å²) in [4.78, 5) is 26.4. The number of hydrogen-bond acceptors (Lipinski definition) is 3. The van der Waals surface area contributed by atoms with Crippen LogP contribution < -0.4 is 15.5 Å². The molecular weight excluding hydrogens is 390 g/mol. The van der Waals surface area contributed by atoms with E-state index in [1.165, 1.54) is 11.1 Å². The molecule has 6 heteroatoms. The zero-order valence-corrected chi connectivity index (χ0v) is 18.8. The second kappa shape index (κ2) is 11.1. The third-order valence-corrected chi connectivity index (χ3v) is 6.06. The highest BCUT2D eigenvalue weighted by Gasteiger charge is 2.24. The first-order valence-electron chi connectivity index (χ1n) is 11.0. The highest BCUT2D eigenvalue weighted by atomic mass is 16.5. The number of amides is 2. The summed E-state index contributed by atoms with van der Waals surface area (Å²) in [5, 5.41) is 6.18. The Kier molecular flexibility index (Phi) is 8.20. The molecule has 0 saturated heterocycles. The van der Waals surface area contributed by atoms with Gasteiger partial charge in [-0.1, -0.05) is 36.4 Å². The maximum atomic E-state index is 12.8. The number of carbonyl (C=O) groups is 2. The second-order valence-corrected chi connectivity index (χ2v) is 8.35. The number of ether oxygens (including phenoxy) is 1. The van der Waals surface area contributed by atoms with Gasteiger partial charge in [-0.3, -0.25) is 9.59 Å². The number of carbonyl (C=O) groups excluding carboxylic acids is 2. The van der Waals surface area contributed by atoms with Crippen LogP contribution >= 0.6 is 0 Å². The van der Waals surface area contributed by atoms with Crippen LogP contribution in [0.3, 0.4) is 0 Å². The van der Waals surface area contributed by atoms with E-state index in [9.17, 15) is 9.59 Å². The topological polar surface area (TPSA) is 71.9 Å². The van der Waals surface area contributed by atoms with Crippen molar-refractivity contribution in [3.05, 3.63) is 64.7 Å². The summed E-state index contributed by atoms with van der Waals surface area (Å²) in [6.45, 7) is 5.55. The standard InChI is InChI=1S/C25H33N3O3/c1-18-8-6-12-22(19(18)2)26-24(29)16-28(14-15-31-3)17-25(30)27-23-13-7-10-20-9-4-5-11-21(20)23/h4-6,8-9,11-12,23H,7,10,13-17H2,1-3H3,(H,26,29)(H,27,30)/p+1/t23-/m0/s1. The van der Waals surface area contributed by atoms with Gasteiger partial charge in [0.05, 0.1) is 12.6 Å². The Labute approximate surface area is 185 Å². The fraction of sp³-hybridized carbons (Fsp3) is 0.440. The van der Waals surface area contributed by atoms with Crippen LogP contribution in [0.15, 0.2) is 42.5 Å². The quantitative estimate of drug-likeness (QED) is 0.576. The van der Waals surface area contributed by atoms with Crippen molar-refractivity contribution in [2.24, 2.45) is 0 Å². The van der Waals surface area contributed by atoms with Gasteiger partial charge < -0.3 is 20.3 Å². The lowest BCUT2D eigenvalue weighted by molar-refractivity contribution is -0.884. The van der Waals surface area contributed by atoms with Crippen molar-refractivity contribution in [2.45, 2.75) is 39.2 Å². The van der Waals surface area contributed by atoms with E-state index in [4.69, 9.17) is 4.74 Å². The van der Waals surface area contributed by atoms with Gasteiger partial charge in [-0.15, -0.1) is 0 Å². The normalized spacial score (nSPS) is 16.3. The number of hydrogen-bond donors (Lipinski definition) is 3. The number of anilines is 1. The monoisotopic (exact) mass is 424 g/mol. The summed E-state index contributed by atoms with van der Waals surface area (Å²) >= 11 is 0. The largest absolute Gasteiger partial charge is 0.379 e. The Hall–Kier alpha value is -2.70. The molecule has 0 radical (unpaired) electrons. The summed E-state index contributed by atoms with van der Waals surface area (Å²) in [6, 6.07) is 14.2. The van der Waals surface area contributed by atoms with Gasteiger partial charge in [0.2, 0.25) is 0 Å². The molecule has 1 aliphatic carbocycles. The van der Waals surface area contributed by atoms with Gasteiger partial charge in [0.1, 0.15) is 6.54 Å². The van der Waals surface area contributed by atoms with Crippen LogP contribution in [0.1, 0.15) is 41.1 Å². The van der Waals surface area contributed by atoms with Crippen LogP contribution in [0, 0.1) is 13.8 Å². The van der Waals surface area contributed by atoms with Crippen molar-refractivity contribution >= 4 is 17.5 Å². The Bertz CT molecular complexity index is 913. The first kappa shape index (κ1) is 23.0. The third-order valence-electron chi connectivity index (χ3n) is 6.06. The summed E-state index contributed by atoms with van der Waals surface area (Å²) in [5.74, 6) is -0.136. The van der Waals surface area contributed by atoms with Crippen LogP contribution in [0.4, 0.5) is 5.69 Å². The van der Waals surface area contributed by atoms with Crippen molar-refractivity contribution in [1.82, 2.24) is 5.32 Å². The molecule has 0 bridgehead atoms. The molecule has 0 fully saturated rings. The van der Waals surface area contributed by atoms with Crippen LogP contribution in [-0.2, 0) is 20.7 Å². The smallest absolute Gasteiger partial charge is 0.279 e. The molecule has 6 nitrogen and oxygen atoms in total. The maximum absolute atomic E-state index is 12.8. The van der Waals surface area contributed by atoms with Gasteiger partial charge in [-0.05, 0) is 61.4 Å². The van der Waals surface area contributed by atoms with Gasteiger partial charge >= 0.3 is 0 Å². The lowest BCUT2D eigenvalue weighted by atomic mass is 9.88. The second-order valence-electron chi connectivity index (χ2n) is 8.35. The average molecular weight is 425 g/mol. The van der Waals surface area contributed by atoms with Gasteiger partial charge in [-0.25, -0.2) is 0 Å². The molecular formula is C25H34N3O3+. The molecule has 1 unspecified atom stereocenters. The molecule has 1 aliphatic rings. The third kappa shape index (κ3) is 6.39. The SMILES string of the molecule is COCC[NH+](CC(=O)Nc1cccc(C)c1C)CC(=O)N[C@H]1CCCc2ccccc21. The van der Waals surface area contributed by atoms with Crippen LogP contribution in [0.25, 0.3) is 0 Å². The molecule has 2 amide bonds. The molecule has 2 aromatic carbocycles. The minimum Gasteiger partial charge on any atom is -0.379 e. The molecule has 0 heterocycles. The summed E-state index contributed by atoms with van der Waals surface area (Å²) in [5.41, 5.74) is 5.54. The predicted octanol–water partition coefficient (Wildman–Crippen LogP) is 1.97. The van der Waals surface area contributed by atoms with Gasteiger partial charge in [0.15, 0.2) is 13.1 Å². The van der Waals surface area contributed by atoms with E-state index in [1.807, 2.05) is 44.2 Å². The van der Waals surface area contributed by atoms with Crippen molar-refractivity contribution in [2.75, 3.05) is 38.7 Å². The first-order valence-corrected chi connectivity index (χ1v) is 11.0. The fourth-order valence-electron chi connectivity index (χ4n) is 4.17. The van der Waals surface area contributed by atoms with E-state index in [2.05, 4.69) is 22.8 Å². The molecule has 0 saturated carbocycles. The molecule has 0 spiro atoms. The molecule has 3 N–H and O–H groups in total. The summed E-state index contributed by atoms with van der Waals surface area (Å²) < 4.78 is 5.20. The zero-order valence-electron chi connectivity index (χ0n) is 18.8. The van der Waals surface area contributed by atoms with Gasteiger partial charge in [0.25, 0.3) is 11.8 Å². The molecule has 0 aliphatic heterocycles. The van der Waals surface area contributed by atoms with Crippen molar-refractivity contribution in [3.63, 3.8) is 0 Å². The highest BCUT2D eigenvalue weighted by Crippen LogP contribution is 2.29. The predicted molar refractivity (Wildman–Crippen MR) is 122 cm³/mol. The van der Waals surface area contributed by atoms with E-state index in [-0.39, 0.29) is 30.9 Å². The van der Waals surface area contributed by atoms with Crippen LogP contribution in [0.2, 0.25) is 0 Å². The number of quaternary nitrogens is 1. The Morgan fingerprint density at radius 2 is 1.84 bits per heavy atom. The number of nitrogens with one attached hydrogen (secondary N) is 3. The van der Waals surface area contributed by atoms with Gasteiger partial charge in [0, 0.05) is 12.8 Å². The zero-order chi connectivity index (χ0) is 22.2. The van der Waals surface area contributed by atoms with E-state index in [0.717, 1.165) is 41.0 Å². The van der Waals surface area contributed by atoms with Crippen molar-refractivity contribution in [1.29, 1.82) is 0 Å². The minimum atomic E-state index is -0.101. The Balaban J connectivity index is 1.59. The van der Waals surface area contributed by atoms with Crippen molar-refractivity contribution in [3.8, 4) is 0 Å². The maximum Gasteiger partial charge on any atom is 0.279 e.